The van der Waals surface area contributed by atoms with E-state index in [2.05, 4.69) is 15.6 Å². The van der Waals surface area contributed by atoms with Gasteiger partial charge in [0, 0.05) is 17.7 Å². The smallest absolute Gasteiger partial charge is 0.387 e. The molecule has 0 saturated heterocycles. The summed E-state index contributed by atoms with van der Waals surface area (Å²) in [5, 5.41) is 10.5. The fourth-order valence-corrected chi connectivity index (χ4v) is 1.95. The molecule has 0 aromatic heterocycles. The number of nitrogens with zero attached hydrogens (tertiary/aromatic N) is 1. The largest absolute Gasteiger partial charge is 0.435 e. The number of nitrogens with one attached hydrogen (secondary N) is 2. The van der Waals surface area contributed by atoms with Crippen LogP contribution in [0.15, 0.2) is 48.5 Å². The van der Waals surface area contributed by atoms with Gasteiger partial charge >= 0.3 is 6.61 Å². The Morgan fingerprint density at radius 1 is 1.04 bits per heavy atom. The highest BCUT2D eigenvalue weighted by Gasteiger charge is 2.11. The van der Waals surface area contributed by atoms with Crippen molar-refractivity contribution in [3.05, 3.63) is 69.8 Å². The molecule has 0 aliphatic rings. The summed E-state index contributed by atoms with van der Waals surface area (Å²) in [5.74, 6) is -1.22. The molecule has 0 unspecified atom stereocenters. The average Bonchev–Trinajstić information content (AvgIpc) is 2.61. The van der Waals surface area contributed by atoms with Crippen molar-refractivity contribution in [2.45, 2.75) is 13.0 Å². The third-order valence-electron chi connectivity index (χ3n) is 3.17. The minimum atomic E-state index is -2.93. The molecule has 2 N–H and O–H groups in total. The summed E-state index contributed by atoms with van der Waals surface area (Å²) in [4.78, 5) is 33.6. The molecule has 0 atom stereocenters. The maximum absolute atomic E-state index is 12.0. The van der Waals surface area contributed by atoms with Gasteiger partial charge in [0.15, 0.2) is 0 Å². The molecule has 0 radical (unpaired) electrons. The fourth-order valence-electron chi connectivity index (χ4n) is 1.95. The molecule has 2 aromatic rings. The summed E-state index contributed by atoms with van der Waals surface area (Å²) in [6.45, 7) is -2.93. The summed E-state index contributed by atoms with van der Waals surface area (Å²) < 4.78 is 28.3. The van der Waals surface area contributed by atoms with E-state index in [0.29, 0.717) is 5.56 Å². The van der Waals surface area contributed by atoms with Crippen molar-refractivity contribution in [1.29, 1.82) is 0 Å². The molecule has 26 heavy (non-hydrogen) atoms. The molecule has 0 aliphatic carbocycles. The number of carbonyl (C=O) groups excluding carboxylic acids is 2. The number of nitro groups is 1. The van der Waals surface area contributed by atoms with Gasteiger partial charge in [0.1, 0.15) is 5.75 Å². The van der Waals surface area contributed by atoms with Crippen LogP contribution in [0.2, 0.25) is 0 Å². The van der Waals surface area contributed by atoms with E-state index in [-0.39, 0.29) is 23.4 Å². The summed E-state index contributed by atoms with van der Waals surface area (Å²) in [6.07, 6.45) is -0.102. The predicted octanol–water partition coefficient (Wildman–Crippen LogP) is 2.20. The second-order valence-corrected chi connectivity index (χ2v) is 5.01. The first kappa shape index (κ1) is 18.8. The van der Waals surface area contributed by atoms with Gasteiger partial charge in [0.25, 0.3) is 11.6 Å². The number of alkyl halides is 2. The number of ether oxygens (including phenoxy) is 1. The molecule has 0 saturated carbocycles. The van der Waals surface area contributed by atoms with Gasteiger partial charge in [-0.2, -0.15) is 8.78 Å². The van der Waals surface area contributed by atoms with Crippen molar-refractivity contribution in [2.24, 2.45) is 0 Å². The molecule has 0 bridgehead atoms. The van der Waals surface area contributed by atoms with Crippen LogP contribution < -0.4 is 15.6 Å². The fraction of sp³-hybridized carbons (Fsp3) is 0.125. The number of rotatable bonds is 6. The van der Waals surface area contributed by atoms with E-state index in [0.717, 1.165) is 0 Å². The number of benzene rings is 2. The average molecular weight is 365 g/mol. The number of carbonyl (C=O) groups is 2. The number of amides is 2. The van der Waals surface area contributed by atoms with Crippen molar-refractivity contribution in [2.75, 3.05) is 0 Å². The SMILES string of the molecule is O=C(Cc1ccc(OC(F)F)cc1)NNC(=O)c1ccc([N+](=O)[O-])cc1. The highest BCUT2D eigenvalue weighted by Crippen LogP contribution is 2.15. The van der Waals surface area contributed by atoms with Gasteiger partial charge in [-0.1, -0.05) is 12.1 Å². The normalized spacial score (nSPS) is 10.3. The van der Waals surface area contributed by atoms with Crippen LogP contribution in [0, 0.1) is 10.1 Å². The number of hydrazine groups is 1. The number of non-ortho nitro benzene ring substituents is 1. The molecule has 2 amide bonds. The Balaban J connectivity index is 1.84. The maximum Gasteiger partial charge on any atom is 0.387 e. The van der Waals surface area contributed by atoms with Crippen LogP contribution in [-0.4, -0.2) is 23.3 Å². The lowest BCUT2D eigenvalue weighted by Gasteiger charge is -2.08. The van der Waals surface area contributed by atoms with Gasteiger partial charge in [0.05, 0.1) is 11.3 Å². The number of hydrogen-bond acceptors (Lipinski definition) is 5. The lowest BCUT2D eigenvalue weighted by atomic mass is 10.1. The molecule has 0 heterocycles. The first-order valence-corrected chi connectivity index (χ1v) is 7.22. The van der Waals surface area contributed by atoms with Crippen LogP contribution in [0.5, 0.6) is 5.75 Å². The number of halogens is 2. The lowest BCUT2D eigenvalue weighted by molar-refractivity contribution is -0.384. The van der Waals surface area contributed by atoms with Crippen molar-refractivity contribution >= 4 is 17.5 Å². The Morgan fingerprint density at radius 3 is 2.19 bits per heavy atom. The van der Waals surface area contributed by atoms with Gasteiger partial charge < -0.3 is 4.74 Å². The first-order chi connectivity index (χ1) is 12.3. The molecule has 10 heteroatoms. The molecular weight excluding hydrogens is 352 g/mol. The highest BCUT2D eigenvalue weighted by molar-refractivity contribution is 5.95. The third-order valence-corrected chi connectivity index (χ3v) is 3.17. The van der Waals surface area contributed by atoms with Crippen LogP contribution in [0.3, 0.4) is 0 Å². The zero-order valence-electron chi connectivity index (χ0n) is 13.1. The molecule has 2 rings (SSSR count). The number of nitro benzene ring substituents is 1. The van der Waals surface area contributed by atoms with E-state index in [1.165, 1.54) is 48.5 Å². The quantitative estimate of drug-likeness (QED) is 0.602. The molecule has 0 fully saturated rings. The predicted molar refractivity (Wildman–Crippen MR) is 85.5 cm³/mol. The maximum atomic E-state index is 12.0. The monoisotopic (exact) mass is 365 g/mol. The number of hydrogen-bond donors (Lipinski definition) is 2. The molecule has 8 nitrogen and oxygen atoms in total. The van der Waals surface area contributed by atoms with E-state index < -0.39 is 23.3 Å². The zero-order valence-corrected chi connectivity index (χ0v) is 13.1. The Kier molecular flexibility index (Phi) is 6.15. The molecule has 2 aromatic carbocycles. The molecule has 0 aliphatic heterocycles. The first-order valence-electron chi connectivity index (χ1n) is 7.22. The third kappa shape index (κ3) is 5.51. The van der Waals surface area contributed by atoms with Crippen molar-refractivity contribution in [3.8, 4) is 5.75 Å². The standard InChI is InChI=1S/C16H13F2N3O5/c17-16(18)26-13-7-1-10(2-8-13)9-14(22)19-20-15(23)11-3-5-12(6-4-11)21(24)25/h1-8,16H,9H2,(H,19,22)(H,20,23). The van der Waals surface area contributed by atoms with Crippen LogP contribution in [-0.2, 0) is 11.2 Å². The topological polar surface area (TPSA) is 111 Å². The Bertz CT molecular complexity index is 795. The summed E-state index contributed by atoms with van der Waals surface area (Å²) in [6, 6.07) is 10.3. The minimum absolute atomic E-state index is 0.0318. The van der Waals surface area contributed by atoms with E-state index in [9.17, 15) is 28.5 Å². The van der Waals surface area contributed by atoms with E-state index in [4.69, 9.17) is 0 Å². The molecule has 136 valence electrons. The van der Waals surface area contributed by atoms with Crippen LogP contribution in [0.25, 0.3) is 0 Å². The van der Waals surface area contributed by atoms with E-state index in [1.807, 2.05) is 0 Å². The Morgan fingerprint density at radius 2 is 1.65 bits per heavy atom. The van der Waals surface area contributed by atoms with Crippen molar-refractivity contribution < 1.29 is 28.0 Å². The van der Waals surface area contributed by atoms with Gasteiger partial charge in [-0.3, -0.25) is 30.6 Å². The summed E-state index contributed by atoms with van der Waals surface area (Å²) in [7, 11) is 0. The Hall–Kier alpha value is -3.56. The van der Waals surface area contributed by atoms with Crippen molar-refractivity contribution in [3.63, 3.8) is 0 Å². The van der Waals surface area contributed by atoms with Gasteiger partial charge in [0.2, 0.25) is 5.91 Å². The lowest BCUT2D eigenvalue weighted by Crippen LogP contribution is -2.42. The minimum Gasteiger partial charge on any atom is -0.435 e. The van der Waals surface area contributed by atoms with Gasteiger partial charge in [-0.15, -0.1) is 0 Å². The zero-order chi connectivity index (χ0) is 19.1. The van der Waals surface area contributed by atoms with Crippen LogP contribution in [0.4, 0.5) is 14.5 Å². The molecular formula is C16H13F2N3O5. The van der Waals surface area contributed by atoms with E-state index in [1.54, 1.807) is 0 Å². The van der Waals surface area contributed by atoms with Crippen LogP contribution >= 0.6 is 0 Å². The highest BCUT2D eigenvalue weighted by atomic mass is 19.3. The van der Waals surface area contributed by atoms with Gasteiger partial charge in [-0.25, -0.2) is 0 Å². The van der Waals surface area contributed by atoms with Crippen LogP contribution in [0.1, 0.15) is 15.9 Å². The second kappa shape index (κ2) is 8.51. The summed E-state index contributed by atoms with van der Waals surface area (Å²) in [5.41, 5.74) is 4.85. The van der Waals surface area contributed by atoms with Gasteiger partial charge in [-0.05, 0) is 29.8 Å². The summed E-state index contributed by atoms with van der Waals surface area (Å²) >= 11 is 0. The molecule has 0 spiro atoms. The second-order valence-electron chi connectivity index (χ2n) is 5.01. The van der Waals surface area contributed by atoms with E-state index >= 15 is 0 Å². The Labute approximate surface area is 145 Å². The van der Waals surface area contributed by atoms with Crippen molar-refractivity contribution in [1.82, 2.24) is 10.9 Å².